The Morgan fingerprint density at radius 1 is 1.24 bits per heavy atom. The third-order valence-electron chi connectivity index (χ3n) is 5.47. The molecular weight excluding hydrogens is 256 g/mol. The molecule has 2 nitrogen and oxygen atoms in total. The molecule has 0 unspecified atom stereocenters. The van der Waals surface area contributed by atoms with Crippen LogP contribution >= 0.6 is 0 Å². The SMILES string of the molecule is CC(C)=CCN1C[C@@H]2CN3CCCc4cccc(c43)[C@@H]2C1. The van der Waals surface area contributed by atoms with Gasteiger partial charge in [0.05, 0.1) is 0 Å². The fraction of sp³-hybridized carbons (Fsp3) is 0.579. The number of rotatable bonds is 2. The molecule has 0 saturated carbocycles. The number of para-hydroxylation sites is 1. The van der Waals surface area contributed by atoms with Crippen LogP contribution in [0.2, 0.25) is 0 Å². The molecule has 1 aromatic rings. The first-order chi connectivity index (χ1) is 10.2. The van der Waals surface area contributed by atoms with Gasteiger partial charge in [-0.2, -0.15) is 0 Å². The van der Waals surface area contributed by atoms with Crippen LogP contribution in [0.1, 0.15) is 37.3 Å². The smallest absolute Gasteiger partial charge is 0.0434 e. The van der Waals surface area contributed by atoms with E-state index in [1.165, 1.54) is 44.6 Å². The summed E-state index contributed by atoms with van der Waals surface area (Å²) in [5.41, 5.74) is 6.28. The maximum absolute atomic E-state index is 2.68. The van der Waals surface area contributed by atoms with E-state index in [1.807, 2.05) is 0 Å². The molecule has 2 atom stereocenters. The summed E-state index contributed by atoms with van der Waals surface area (Å²) >= 11 is 0. The first-order valence-electron chi connectivity index (χ1n) is 8.45. The molecule has 1 aromatic carbocycles. The molecule has 0 N–H and O–H groups in total. The van der Waals surface area contributed by atoms with Gasteiger partial charge in [0.2, 0.25) is 0 Å². The predicted molar refractivity (Wildman–Crippen MR) is 89.1 cm³/mol. The Labute approximate surface area is 128 Å². The van der Waals surface area contributed by atoms with Gasteiger partial charge in [0.25, 0.3) is 0 Å². The molecule has 0 amide bonds. The average Bonchev–Trinajstić information content (AvgIpc) is 2.89. The van der Waals surface area contributed by atoms with E-state index in [-0.39, 0.29) is 0 Å². The summed E-state index contributed by atoms with van der Waals surface area (Å²) in [5, 5.41) is 0. The third-order valence-corrected chi connectivity index (χ3v) is 5.47. The lowest BCUT2D eigenvalue weighted by Gasteiger charge is -2.41. The highest BCUT2D eigenvalue weighted by molar-refractivity contribution is 5.64. The van der Waals surface area contributed by atoms with Crippen LogP contribution in [-0.4, -0.2) is 37.6 Å². The molecule has 0 radical (unpaired) electrons. The van der Waals surface area contributed by atoms with Crippen LogP contribution < -0.4 is 4.90 Å². The van der Waals surface area contributed by atoms with Gasteiger partial charge in [0, 0.05) is 44.3 Å². The molecule has 1 fully saturated rings. The maximum Gasteiger partial charge on any atom is 0.0434 e. The quantitative estimate of drug-likeness (QED) is 0.767. The summed E-state index contributed by atoms with van der Waals surface area (Å²) in [6.45, 7) is 10.6. The number of allylic oxidation sites excluding steroid dienone is 1. The summed E-state index contributed by atoms with van der Waals surface area (Å²) in [6, 6.07) is 7.04. The molecule has 21 heavy (non-hydrogen) atoms. The molecule has 0 aromatic heterocycles. The van der Waals surface area contributed by atoms with Gasteiger partial charge in [-0.3, -0.25) is 4.90 Å². The Kier molecular flexibility index (Phi) is 3.30. The molecule has 3 heterocycles. The van der Waals surface area contributed by atoms with Gasteiger partial charge in [-0.15, -0.1) is 0 Å². The summed E-state index contributed by atoms with van der Waals surface area (Å²) in [5.74, 6) is 1.59. The summed E-state index contributed by atoms with van der Waals surface area (Å²) in [6.07, 6.45) is 4.98. The van der Waals surface area contributed by atoms with E-state index in [0.29, 0.717) is 0 Å². The first kappa shape index (κ1) is 13.4. The van der Waals surface area contributed by atoms with Gasteiger partial charge in [-0.1, -0.05) is 29.8 Å². The molecule has 0 bridgehead atoms. The number of hydrogen-bond donors (Lipinski definition) is 0. The molecule has 3 aliphatic rings. The predicted octanol–water partition coefficient (Wildman–Crippen LogP) is 3.43. The van der Waals surface area contributed by atoms with Crippen LogP contribution in [0.15, 0.2) is 29.8 Å². The molecule has 112 valence electrons. The van der Waals surface area contributed by atoms with Gasteiger partial charge in [0.15, 0.2) is 0 Å². The summed E-state index contributed by atoms with van der Waals surface area (Å²) in [7, 11) is 0. The minimum Gasteiger partial charge on any atom is -0.371 e. The van der Waals surface area contributed by atoms with Crippen molar-refractivity contribution in [1.82, 2.24) is 4.90 Å². The van der Waals surface area contributed by atoms with E-state index in [1.54, 1.807) is 16.8 Å². The largest absolute Gasteiger partial charge is 0.371 e. The minimum atomic E-state index is 0.764. The van der Waals surface area contributed by atoms with Crippen molar-refractivity contribution in [2.75, 3.05) is 37.6 Å². The van der Waals surface area contributed by atoms with Crippen molar-refractivity contribution in [2.45, 2.75) is 32.6 Å². The lowest BCUT2D eigenvalue weighted by molar-refractivity contribution is 0.358. The Hall–Kier alpha value is -1.28. The van der Waals surface area contributed by atoms with E-state index in [4.69, 9.17) is 0 Å². The highest BCUT2D eigenvalue weighted by Gasteiger charge is 2.41. The van der Waals surface area contributed by atoms with Gasteiger partial charge >= 0.3 is 0 Å². The fourth-order valence-electron chi connectivity index (χ4n) is 4.49. The maximum atomic E-state index is 2.68. The van der Waals surface area contributed by atoms with Crippen LogP contribution in [0.25, 0.3) is 0 Å². The zero-order valence-electron chi connectivity index (χ0n) is 13.3. The van der Waals surface area contributed by atoms with E-state index < -0.39 is 0 Å². The van der Waals surface area contributed by atoms with Crippen molar-refractivity contribution in [2.24, 2.45) is 5.92 Å². The highest BCUT2D eigenvalue weighted by atomic mass is 15.2. The van der Waals surface area contributed by atoms with Crippen molar-refractivity contribution in [3.8, 4) is 0 Å². The van der Waals surface area contributed by atoms with Crippen molar-refractivity contribution in [3.05, 3.63) is 41.0 Å². The number of likely N-dealkylation sites (tertiary alicyclic amines) is 1. The Bertz CT molecular complexity index is 571. The van der Waals surface area contributed by atoms with Gasteiger partial charge in [0.1, 0.15) is 0 Å². The highest BCUT2D eigenvalue weighted by Crippen LogP contribution is 2.45. The minimum absolute atomic E-state index is 0.764. The van der Waals surface area contributed by atoms with Gasteiger partial charge in [-0.25, -0.2) is 0 Å². The van der Waals surface area contributed by atoms with Crippen molar-refractivity contribution < 1.29 is 0 Å². The van der Waals surface area contributed by atoms with E-state index in [0.717, 1.165) is 18.4 Å². The lowest BCUT2D eigenvalue weighted by atomic mass is 9.80. The topological polar surface area (TPSA) is 6.48 Å². The summed E-state index contributed by atoms with van der Waals surface area (Å²) in [4.78, 5) is 5.33. The van der Waals surface area contributed by atoms with Gasteiger partial charge in [-0.05, 0) is 43.7 Å². The van der Waals surface area contributed by atoms with Crippen LogP contribution in [0.3, 0.4) is 0 Å². The molecular formula is C19H26N2. The average molecular weight is 282 g/mol. The molecule has 2 heteroatoms. The van der Waals surface area contributed by atoms with Crippen LogP contribution in [0, 0.1) is 5.92 Å². The Morgan fingerprint density at radius 2 is 2.14 bits per heavy atom. The second-order valence-electron chi connectivity index (χ2n) is 7.27. The Morgan fingerprint density at radius 3 is 3.00 bits per heavy atom. The Balaban J connectivity index is 1.63. The molecule has 1 saturated heterocycles. The number of hydrogen-bond acceptors (Lipinski definition) is 2. The normalized spacial score (nSPS) is 27.2. The molecule has 4 rings (SSSR count). The molecule has 3 aliphatic heterocycles. The number of nitrogens with zero attached hydrogens (tertiary/aromatic N) is 2. The standard InChI is InChI=1S/C19H26N2/c1-14(2)8-10-20-11-16-12-21-9-4-6-15-5-3-7-17(19(15)21)18(16)13-20/h3,5,7-8,16,18H,4,6,9-13H2,1-2H3/t16-,18-/m1/s1. The van der Waals surface area contributed by atoms with Crippen molar-refractivity contribution in [1.29, 1.82) is 0 Å². The van der Waals surface area contributed by atoms with Crippen LogP contribution in [0.4, 0.5) is 5.69 Å². The first-order valence-corrected chi connectivity index (χ1v) is 8.45. The van der Waals surface area contributed by atoms with E-state index in [2.05, 4.69) is 47.9 Å². The molecule has 0 aliphatic carbocycles. The number of fused-ring (bicyclic) bond motifs is 2. The molecule has 0 spiro atoms. The van der Waals surface area contributed by atoms with Crippen LogP contribution in [-0.2, 0) is 6.42 Å². The lowest BCUT2D eigenvalue weighted by Crippen LogP contribution is -2.40. The van der Waals surface area contributed by atoms with E-state index in [9.17, 15) is 0 Å². The zero-order valence-corrected chi connectivity index (χ0v) is 13.3. The second-order valence-corrected chi connectivity index (χ2v) is 7.27. The van der Waals surface area contributed by atoms with Gasteiger partial charge < -0.3 is 4.90 Å². The summed E-state index contributed by atoms with van der Waals surface area (Å²) < 4.78 is 0. The number of aryl methyl sites for hydroxylation is 1. The zero-order chi connectivity index (χ0) is 14.4. The fourth-order valence-corrected chi connectivity index (χ4v) is 4.49. The van der Waals surface area contributed by atoms with Crippen LogP contribution in [0.5, 0.6) is 0 Å². The van der Waals surface area contributed by atoms with E-state index >= 15 is 0 Å². The number of anilines is 1. The van der Waals surface area contributed by atoms with Crippen molar-refractivity contribution >= 4 is 5.69 Å². The third kappa shape index (κ3) is 2.30. The second kappa shape index (κ2) is 5.17. The van der Waals surface area contributed by atoms with Crippen molar-refractivity contribution in [3.63, 3.8) is 0 Å². The number of benzene rings is 1. The monoisotopic (exact) mass is 282 g/mol.